The molecule has 3 aromatic rings. The van der Waals surface area contributed by atoms with Crippen molar-refractivity contribution < 1.29 is 4.39 Å². The molecule has 1 unspecified atom stereocenters. The van der Waals surface area contributed by atoms with Gasteiger partial charge in [0, 0.05) is 15.3 Å². The average molecular weight is 292 g/mol. The van der Waals surface area contributed by atoms with E-state index in [0.717, 1.165) is 15.6 Å². The monoisotopic (exact) mass is 291 g/mol. The normalized spacial score (nSPS) is 12.8. The molecule has 1 nitrogen and oxygen atoms in total. The third-order valence-corrected chi connectivity index (χ3v) is 4.36. The van der Waals surface area contributed by atoms with E-state index >= 15 is 0 Å². The minimum absolute atomic E-state index is 0.365. The first-order valence-corrected chi connectivity index (χ1v) is 7.09. The van der Waals surface area contributed by atoms with Crippen LogP contribution in [-0.4, -0.2) is 0 Å². The van der Waals surface area contributed by atoms with Crippen LogP contribution in [0.3, 0.4) is 0 Å². The van der Waals surface area contributed by atoms with Crippen molar-refractivity contribution in [2.45, 2.75) is 6.04 Å². The average Bonchev–Trinajstić information content (AvgIpc) is 2.82. The molecule has 0 aliphatic heterocycles. The fourth-order valence-electron chi connectivity index (χ4n) is 2.16. The van der Waals surface area contributed by atoms with Gasteiger partial charge in [0.05, 0.1) is 6.04 Å². The third kappa shape index (κ3) is 2.25. The summed E-state index contributed by atoms with van der Waals surface area (Å²) in [5.41, 5.74) is 7.61. The number of benzene rings is 2. The van der Waals surface area contributed by atoms with E-state index in [-0.39, 0.29) is 5.82 Å². The van der Waals surface area contributed by atoms with Gasteiger partial charge in [0.1, 0.15) is 5.82 Å². The Hall–Kier alpha value is -1.42. The predicted molar refractivity (Wildman–Crippen MR) is 79.3 cm³/mol. The van der Waals surface area contributed by atoms with Gasteiger partial charge in [-0.05, 0) is 34.5 Å². The lowest BCUT2D eigenvalue weighted by molar-refractivity contribution is 0.600. The number of halogens is 2. The highest BCUT2D eigenvalue weighted by atomic mass is 35.5. The number of nitrogens with two attached hydrogens (primary N) is 1. The summed E-state index contributed by atoms with van der Waals surface area (Å²) in [6.45, 7) is 0. The molecule has 1 atom stereocenters. The standard InChI is InChI=1S/C15H11ClFNS/c16-9-5-6-11(13(17)7-9)15(18)12-8-19-14-4-2-1-3-10(12)14/h1-8,15H,18H2. The summed E-state index contributed by atoms with van der Waals surface area (Å²) >= 11 is 7.38. The Morgan fingerprint density at radius 2 is 1.89 bits per heavy atom. The molecular formula is C15H11ClFNS. The van der Waals surface area contributed by atoms with Gasteiger partial charge in [-0.15, -0.1) is 11.3 Å². The van der Waals surface area contributed by atoms with Gasteiger partial charge in [-0.3, -0.25) is 0 Å². The van der Waals surface area contributed by atoms with Gasteiger partial charge in [0.2, 0.25) is 0 Å². The molecule has 0 aliphatic carbocycles. The second-order valence-electron chi connectivity index (χ2n) is 4.33. The predicted octanol–water partition coefficient (Wildman–Crippen LogP) is 4.74. The molecule has 96 valence electrons. The third-order valence-electron chi connectivity index (χ3n) is 3.14. The fraction of sp³-hybridized carbons (Fsp3) is 0.0667. The van der Waals surface area contributed by atoms with Crippen LogP contribution in [0.1, 0.15) is 17.2 Å². The summed E-state index contributed by atoms with van der Waals surface area (Å²) < 4.78 is 15.1. The summed E-state index contributed by atoms with van der Waals surface area (Å²) in [7, 11) is 0. The summed E-state index contributed by atoms with van der Waals surface area (Å²) in [5, 5.41) is 3.45. The first-order chi connectivity index (χ1) is 9.16. The van der Waals surface area contributed by atoms with Crippen molar-refractivity contribution >= 4 is 33.0 Å². The molecule has 0 aliphatic rings. The molecule has 0 radical (unpaired) electrons. The molecule has 0 spiro atoms. The van der Waals surface area contributed by atoms with Crippen LogP contribution in [0.2, 0.25) is 5.02 Å². The number of fused-ring (bicyclic) bond motifs is 1. The lowest BCUT2D eigenvalue weighted by atomic mass is 9.99. The first-order valence-electron chi connectivity index (χ1n) is 5.83. The molecule has 3 rings (SSSR count). The first kappa shape index (κ1) is 12.6. The van der Waals surface area contributed by atoms with Gasteiger partial charge >= 0.3 is 0 Å². The lowest BCUT2D eigenvalue weighted by Crippen LogP contribution is -2.13. The summed E-state index contributed by atoms with van der Waals surface area (Å²) in [6, 6.07) is 12.1. The van der Waals surface area contributed by atoms with Gasteiger partial charge in [-0.1, -0.05) is 35.9 Å². The molecule has 0 fully saturated rings. The van der Waals surface area contributed by atoms with E-state index in [9.17, 15) is 4.39 Å². The second-order valence-corrected chi connectivity index (χ2v) is 5.68. The van der Waals surface area contributed by atoms with Crippen LogP contribution in [0.4, 0.5) is 4.39 Å². The van der Waals surface area contributed by atoms with Gasteiger partial charge < -0.3 is 5.73 Å². The summed E-state index contributed by atoms with van der Waals surface area (Å²) in [4.78, 5) is 0. The van der Waals surface area contributed by atoms with Crippen molar-refractivity contribution in [2.75, 3.05) is 0 Å². The molecule has 2 N–H and O–H groups in total. The quantitative estimate of drug-likeness (QED) is 0.725. The van der Waals surface area contributed by atoms with Gasteiger partial charge in [0.25, 0.3) is 0 Å². The van der Waals surface area contributed by atoms with Crippen LogP contribution in [0.5, 0.6) is 0 Å². The van der Waals surface area contributed by atoms with Crippen LogP contribution in [0.15, 0.2) is 47.8 Å². The van der Waals surface area contributed by atoms with Crippen LogP contribution >= 0.6 is 22.9 Å². The summed E-state index contributed by atoms with van der Waals surface area (Å²) in [5.74, 6) is -0.365. The topological polar surface area (TPSA) is 26.0 Å². The van der Waals surface area contributed by atoms with Crippen molar-refractivity contribution in [3.8, 4) is 0 Å². The molecule has 19 heavy (non-hydrogen) atoms. The van der Waals surface area contributed by atoms with E-state index < -0.39 is 6.04 Å². The molecule has 1 heterocycles. The Bertz CT molecular complexity index is 738. The zero-order valence-electron chi connectivity index (χ0n) is 9.94. The van der Waals surface area contributed by atoms with E-state index in [1.165, 1.54) is 6.07 Å². The zero-order valence-corrected chi connectivity index (χ0v) is 11.5. The van der Waals surface area contributed by atoms with E-state index in [4.69, 9.17) is 17.3 Å². The highest BCUT2D eigenvalue weighted by Crippen LogP contribution is 2.33. The lowest BCUT2D eigenvalue weighted by Gasteiger charge is -2.12. The number of rotatable bonds is 2. The molecule has 0 saturated carbocycles. The summed E-state index contributed by atoms with van der Waals surface area (Å²) in [6.07, 6.45) is 0. The van der Waals surface area contributed by atoms with E-state index in [1.54, 1.807) is 23.5 Å². The van der Waals surface area contributed by atoms with Crippen LogP contribution in [-0.2, 0) is 0 Å². The molecule has 0 bridgehead atoms. The zero-order chi connectivity index (χ0) is 13.4. The van der Waals surface area contributed by atoms with Crippen molar-refractivity contribution in [1.82, 2.24) is 0 Å². The Kier molecular flexibility index (Phi) is 3.27. The van der Waals surface area contributed by atoms with E-state index in [1.807, 2.05) is 29.6 Å². The minimum atomic E-state index is -0.478. The fourth-order valence-corrected chi connectivity index (χ4v) is 3.32. The molecule has 0 saturated heterocycles. The Balaban J connectivity index is 2.10. The molecular weight excluding hydrogens is 281 g/mol. The number of thiophene rings is 1. The SMILES string of the molecule is NC(c1ccc(Cl)cc1F)c1csc2ccccc12. The Morgan fingerprint density at radius 1 is 1.11 bits per heavy atom. The molecule has 0 amide bonds. The van der Waals surface area contributed by atoms with Crippen LogP contribution in [0.25, 0.3) is 10.1 Å². The largest absolute Gasteiger partial charge is 0.320 e. The molecule has 2 aromatic carbocycles. The Morgan fingerprint density at radius 3 is 2.68 bits per heavy atom. The maximum atomic E-state index is 13.9. The van der Waals surface area contributed by atoms with Crippen LogP contribution < -0.4 is 5.73 Å². The highest BCUT2D eigenvalue weighted by Gasteiger charge is 2.17. The minimum Gasteiger partial charge on any atom is -0.320 e. The van der Waals surface area contributed by atoms with Crippen molar-refractivity contribution in [1.29, 1.82) is 0 Å². The van der Waals surface area contributed by atoms with E-state index in [0.29, 0.717) is 10.6 Å². The van der Waals surface area contributed by atoms with Gasteiger partial charge in [-0.25, -0.2) is 4.39 Å². The smallest absolute Gasteiger partial charge is 0.129 e. The maximum Gasteiger partial charge on any atom is 0.129 e. The highest BCUT2D eigenvalue weighted by molar-refractivity contribution is 7.17. The van der Waals surface area contributed by atoms with Crippen molar-refractivity contribution in [3.05, 3.63) is 69.8 Å². The van der Waals surface area contributed by atoms with Gasteiger partial charge in [-0.2, -0.15) is 0 Å². The van der Waals surface area contributed by atoms with Crippen molar-refractivity contribution in [2.24, 2.45) is 5.73 Å². The van der Waals surface area contributed by atoms with Crippen molar-refractivity contribution in [3.63, 3.8) is 0 Å². The molecule has 4 heteroatoms. The number of hydrogen-bond donors (Lipinski definition) is 1. The maximum absolute atomic E-state index is 13.9. The second kappa shape index (κ2) is 4.93. The van der Waals surface area contributed by atoms with Crippen LogP contribution in [0, 0.1) is 5.82 Å². The molecule has 1 aromatic heterocycles. The van der Waals surface area contributed by atoms with Gasteiger partial charge in [0.15, 0.2) is 0 Å². The van der Waals surface area contributed by atoms with E-state index in [2.05, 4.69) is 0 Å². The number of hydrogen-bond acceptors (Lipinski definition) is 2. The Labute approximate surface area is 119 Å².